The lowest BCUT2D eigenvalue weighted by atomic mass is 10.3. The van der Waals surface area contributed by atoms with Crippen molar-refractivity contribution in [3.8, 4) is 0 Å². The van der Waals surface area contributed by atoms with E-state index < -0.39 is 5.97 Å². The Balaban J connectivity index is 0. The highest BCUT2D eigenvalue weighted by Crippen LogP contribution is 1.93. The van der Waals surface area contributed by atoms with Crippen molar-refractivity contribution < 1.29 is 24.5 Å². The number of aliphatic hydroxyl groups excluding tert-OH is 1. The molecule has 0 bridgehead atoms. The van der Waals surface area contributed by atoms with Gasteiger partial charge in [0, 0.05) is 19.7 Å². The molecule has 1 aromatic rings. The Morgan fingerprint density at radius 2 is 1.95 bits per heavy atom. The molecule has 0 saturated heterocycles. The summed E-state index contributed by atoms with van der Waals surface area (Å²) < 4.78 is 4.40. The molecule has 0 aromatic carbocycles. The molecule has 6 nitrogen and oxygen atoms in total. The number of ether oxygens (including phenoxy) is 1. The van der Waals surface area contributed by atoms with Crippen LogP contribution in [-0.2, 0) is 20.7 Å². The van der Waals surface area contributed by atoms with Gasteiger partial charge in [0.1, 0.15) is 0 Å². The molecule has 0 aliphatic carbocycles. The standard InChI is InChI=1S/C7H7NO2.C4H8O2.C4H10O/c9-7(10)5-6-3-1-2-4-8-6;1-3-6-4(2)5;1-2-3-4-5/h1-4H,5H2,(H,9,10);3H2,1-2H3;5H,2-4H2,1H3. The van der Waals surface area contributed by atoms with Crippen molar-refractivity contribution in [3.63, 3.8) is 0 Å². The number of carboxylic acid groups (broad SMARTS) is 1. The number of aliphatic carboxylic acids is 1. The quantitative estimate of drug-likeness (QED) is 0.808. The first kappa shape index (κ1) is 21.4. The molecule has 0 radical (unpaired) electrons. The van der Waals surface area contributed by atoms with Crippen LogP contribution in [0, 0.1) is 0 Å². The third kappa shape index (κ3) is 20.5. The molecule has 0 amide bonds. The molecule has 1 aromatic heterocycles. The maximum absolute atomic E-state index is 10.1. The van der Waals surface area contributed by atoms with Gasteiger partial charge in [0.25, 0.3) is 0 Å². The fraction of sp³-hybridized carbons (Fsp3) is 0.533. The summed E-state index contributed by atoms with van der Waals surface area (Å²) in [6.45, 7) is 6.05. The monoisotopic (exact) mass is 299 g/mol. The molecule has 21 heavy (non-hydrogen) atoms. The minimum absolute atomic E-state index is 0.000833. The maximum atomic E-state index is 10.1. The zero-order chi connectivity index (χ0) is 16.5. The number of unbranched alkanes of at least 4 members (excludes halogenated alkanes) is 1. The van der Waals surface area contributed by atoms with Gasteiger partial charge in [0.15, 0.2) is 0 Å². The van der Waals surface area contributed by atoms with Crippen LogP contribution in [0.25, 0.3) is 0 Å². The smallest absolute Gasteiger partial charge is 0.309 e. The van der Waals surface area contributed by atoms with Gasteiger partial charge in [-0.1, -0.05) is 19.4 Å². The number of rotatable bonds is 5. The number of carbonyl (C=O) groups is 2. The lowest BCUT2D eigenvalue weighted by molar-refractivity contribution is -0.140. The molecule has 2 N–H and O–H groups in total. The van der Waals surface area contributed by atoms with E-state index >= 15 is 0 Å². The number of hydrogen-bond donors (Lipinski definition) is 2. The summed E-state index contributed by atoms with van der Waals surface area (Å²) in [6.07, 6.45) is 3.62. The van der Waals surface area contributed by atoms with Crippen molar-refractivity contribution in [2.75, 3.05) is 13.2 Å². The first-order valence-electron chi connectivity index (χ1n) is 6.83. The average molecular weight is 299 g/mol. The number of carbonyl (C=O) groups excluding carboxylic acids is 1. The predicted octanol–water partition coefficient (Wildman–Crippen LogP) is 2.06. The molecule has 0 atom stereocenters. The molecule has 0 fully saturated rings. The highest BCUT2D eigenvalue weighted by atomic mass is 16.5. The van der Waals surface area contributed by atoms with Gasteiger partial charge in [-0.15, -0.1) is 0 Å². The number of nitrogens with zero attached hydrogens (tertiary/aromatic N) is 1. The molecular weight excluding hydrogens is 274 g/mol. The number of pyridine rings is 1. The largest absolute Gasteiger partial charge is 0.481 e. The van der Waals surface area contributed by atoms with E-state index in [1.807, 2.05) is 0 Å². The molecule has 0 unspecified atom stereocenters. The van der Waals surface area contributed by atoms with Crippen LogP contribution in [-0.4, -0.2) is 40.3 Å². The first-order valence-corrected chi connectivity index (χ1v) is 6.83. The van der Waals surface area contributed by atoms with Crippen molar-refractivity contribution in [1.29, 1.82) is 0 Å². The Bertz CT molecular complexity index is 366. The minimum Gasteiger partial charge on any atom is -0.481 e. The van der Waals surface area contributed by atoms with Gasteiger partial charge in [0.2, 0.25) is 0 Å². The molecule has 0 saturated carbocycles. The summed E-state index contributed by atoms with van der Waals surface area (Å²) in [5.74, 6) is -1.06. The van der Waals surface area contributed by atoms with Crippen LogP contribution in [0.15, 0.2) is 24.4 Å². The molecule has 0 aliphatic rings. The Labute approximate surface area is 125 Å². The van der Waals surface area contributed by atoms with E-state index in [0.717, 1.165) is 12.8 Å². The lowest BCUT2D eigenvalue weighted by Gasteiger charge is -1.91. The van der Waals surface area contributed by atoms with E-state index in [4.69, 9.17) is 10.2 Å². The zero-order valence-corrected chi connectivity index (χ0v) is 12.9. The fourth-order valence-electron chi connectivity index (χ4n) is 1.02. The third-order valence-electron chi connectivity index (χ3n) is 1.92. The molecule has 0 spiro atoms. The zero-order valence-electron chi connectivity index (χ0n) is 12.9. The highest BCUT2D eigenvalue weighted by molar-refractivity contribution is 5.69. The molecular formula is C15H25NO5. The summed E-state index contributed by atoms with van der Waals surface area (Å²) >= 11 is 0. The number of carboxylic acids is 1. The Morgan fingerprint density at radius 1 is 1.29 bits per heavy atom. The average Bonchev–Trinajstić information content (AvgIpc) is 2.41. The molecule has 1 rings (SSSR count). The van der Waals surface area contributed by atoms with Crippen molar-refractivity contribution in [1.82, 2.24) is 4.98 Å². The second kappa shape index (κ2) is 16.1. The molecule has 6 heteroatoms. The second-order valence-corrected chi connectivity index (χ2v) is 3.89. The predicted molar refractivity (Wildman–Crippen MR) is 79.9 cm³/mol. The van der Waals surface area contributed by atoms with Crippen LogP contribution in [0.1, 0.15) is 39.3 Å². The Kier molecular flexibility index (Phi) is 16.4. The van der Waals surface area contributed by atoms with Gasteiger partial charge in [-0.2, -0.15) is 0 Å². The number of esters is 1. The van der Waals surface area contributed by atoms with Crippen LogP contribution in [0.2, 0.25) is 0 Å². The van der Waals surface area contributed by atoms with E-state index in [1.165, 1.54) is 6.92 Å². The van der Waals surface area contributed by atoms with Crippen LogP contribution >= 0.6 is 0 Å². The van der Waals surface area contributed by atoms with Gasteiger partial charge < -0.3 is 14.9 Å². The van der Waals surface area contributed by atoms with Gasteiger partial charge in [-0.05, 0) is 25.5 Å². The van der Waals surface area contributed by atoms with E-state index in [-0.39, 0.29) is 12.4 Å². The molecule has 0 aliphatic heterocycles. The summed E-state index contributed by atoms with van der Waals surface area (Å²) in [6, 6.07) is 5.21. The van der Waals surface area contributed by atoms with Crippen molar-refractivity contribution in [2.45, 2.75) is 40.0 Å². The Hall–Kier alpha value is -1.95. The number of aliphatic hydroxyl groups is 1. The number of hydrogen-bond acceptors (Lipinski definition) is 5. The normalized spacial score (nSPS) is 8.57. The summed E-state index contributed by atoms with van der Waals surface area (Å²) in [5.41, 5.74) is 0.593. The van der Waals surface area contributed by atoms with E-state index in [9.17, 15) is 9.59 Å². The summed E-state index contributed by atoms with van der Waals surface area (Å²) in [7, 11) is 0. The third-order valence-corrected chi connectivity index (χ3v) is 1.92. The highest BCUT2D eigenvalue weighted by Gasteiger charge is 1.98. The van der Waals surface area contributed by atoms with Gasteiger partial charge >= 0.3 is 11.9 Å². The van der Waals surface area contributed by atoms with Crippen LogP contribution < -0.4 is 0 Å². The molecule has 1 heterocycles. The van der Waals surface area contributed by atoms with E-state index in [2.05, 4.69) is 16.6 Å². The van der Waals surface area contributed by atoms with Gasteiger partial charge in [-0.3, -0.25) is 14.6 Å². The van der Waals surface area contributed by atoms with Crippen LogP contribution in [0.3, 0.4) is 0 Å². The van der Waals surface area contributed by atoms with Crippen LogP contribution in [0.4, 0.5) is 0 Å². The van der Waals surface area contributed by atoms with Crippen molar-refractivity contribution >= 4 is 11.9 Å². The first-order chi connectivity index (χ1) is 9.97. The fourth-order valence-corrected chi connectivity index (χ4v) is 1.02. The summed E-state index contributed by atoms with van der Waals surface area (Å²) in [4.78, 5) is 23.8. The van der Waals surface area contributed by atoms with Gasteiger partial charge in [0.05, 0.1) is 18.7 Å². The van der Waals surface area contributed by atoms with Crippen LogP contribution in [0.5, 0.6) is 0 Å². The maximum Gasteiger partial charge on any atom is 0.309 e. The van der Waals surface area contributed by atoms with Crippen molar-refractivity contribution in [2.24, 2.45) is 0 Å². The molecule has 120 valence electrons. The van der Waals surface area contributed by atoms with E-state index in [1.54, 1.807) is 31.3 Å². The Morgan fingerprint density at radius 3 is 2.19 bits per heavy atom. The number of aromatic nitrogens is 1. The van der Waals surface area contributed by atoms with Crippen molar-refractivity contribution in [3.05, 3.63) is 30.1 Å². The SMILES string of the molecule is CCCCO.CCOC(C)=O.O=C(O)Cc1ccccn1. The lowest BCUT2D eigenvalue weighted by Crippen LogP contribution is -2.01. The summed E-state index contributed by atoms with van der Waals surface area (Å²) in [5, 5.41) is 16.4. The minimum atomic E-state index is -0.848. The van der Waals surface area contributed by atoms with E-state index in [0.29, 0.717) is 18.9 Å². The topological polar surface area (TPSA) is 96.7 Å². The van der Waals surface area contributed by atoms with Gasteiger partial charge in [-0.25, -0.2) is 0 Å². The second-order valence-electron chi connectivity index (χ2n) is 3.89.